The quantitative estimate of drug-likeness (QED) is 0.902. The molecule has 0 spiro atoms. The molecule has 1 amide bonds. The van der Waals surface area contributed by atoms with E-state index in [1.54, 1.807) is 7.11 Å². The summed E-state index contributed by atoms with van der Waals surface area (Å²) in [5, 5.41) is 3.28. The first kappa shape index (κ1) is 15.3. The number of methoxy groups -OCH3 is 1. The molecule has 2 bridgehead atoms. The molecule has 1 aromatic carbocycles. The summed E-state index contributed by atoms with van der Waals surface area (Å²) in [6.07, 6.45) is 5.73. The number of rotatable bonds is 3. The van der Waals surface area contributed by atoms with Gasteiger partial charge in [-0.25, -0.2) is 0 Å². The summed E-state index contributed by atoms with van der Waals surface area (Å²) in [4.78, 5) is 12.6. The van der Waals surface area contributed by atoms with Gasteiger partial charge >= 0.3 is 0 Å². The van der Waals surface area contributed by atoms with Gasteiger partial charge in [-0.15, -0.1) is 0 Å². The molecule has 4 nitrogen and oxygen atoms in total. The lowest BCUT2D eigenvalue weighted by molar-refractivity contribution is 0.0755. The molecule has 4 heteroatoms. The second-order valence-corrected chi connectivity index (χ2v) is 6.87. The number of ether oxygens (including phenoxy) is 1. The molecule has 0 saturated heterocycles. The minimum absolute atomic E-state index is 0.00988. The smallest absolute Gasteiger partial charge is 0.251 e. The zero-order chi connectivity index (χ0) is 15.7. The fourth-order valence-electron chi connectivity index (χ4n) is 4.22. The number of benzene rings is 1. The number of amides is 1. The van der Waals surface area contributed by atoms with Gasteiger partial charge in [-0.3, -0.25) is 4.79 Å². The number of hydrogen-bond donors (Lipinski definition) is 2. The third kappa shape index (κ3) is 2.98. The maximum absolute atomic E-state index is 12.6. The monoisotopic (exact) mass is 302 g/mol. The highest BCUT2D eigenvalue weighted by molar-refractivity contribution is 5.95. The van der Waals surface area contributed by atoms with Gasteiger partial charge in [-0.05, 0) is 62.1 Å². The summed E-state index contributed by atoms with van der Waals surface area (Å²) >= 11 is 0. The fraction of sp³-hybridized carbons (Fsp3) is 0.611. The Bertz CT molecular complexity index is 544. The highest BCUT2D eigenvalue weighted by Crippen LogP contribution is 2.39. The van der Waals surface area contributed by atoms with Crippen molar-refractivity contribution >= 4 is 5.91 Å². The number of carbonyl (C=O) groups is 1. The van der Waals surface area contributed by atoms with Gasteiger partial charge in [0.15, 0.2) is 0 Å². The number of carbonyl (C=O) groups excluding carboxylic acids is 1. The van der Waals surface area contributed by atoms with Gasteiger partial charge in [0.05, 0.1) is 7.11 Å². The third-order valence-corrected chi connectivity index (χ3v) is 5.34. The van der Waals surface area contributed by atoms with Gasteiger partial charge in [0.25, 0.3) is 5.91 Å². The summed E-state index contributed by atoms with van der Waals surface area (Å²) in [6, 6.07) is 6.23. The first-order valence-corrected chi connectivity index (χ1v) is 8.29. The molecule has 0 aromatic heterocycles. The molecule has 22 heavy (non-hydrogen) atoms. The van der Waals surface area contributed by atoms with Crippen LogP contribution < -0.4 is 15.8 Å². The largest absolute Gasteiger partial charge is 0.496 e. The SMILES string of the molecule is COc1cc(C(=O)NC2C3CCCC2CC(N)C3)ccc1C. The summed E-state index contributed by atoms with van der Waals surface area (Å²) < 4.78 is 5.32. The van der Waals surface area contributed by atoms with E-state index in [1.165, 1.54) is 19.3 Å². The standard InChI is InChI=1S/C18H26N2O2/c1-11-6-7-14(10-16(11)22-2)18(21)20-17-12-4-3-5-13(17)9-15(19)8-12/h6-7,10,12-13,15,17H,3-5,8-9,19H2,1-2H3,(H,20,21). The number of nitrogens with two attached hydrogens (primary N) is 1. The Kier molecular flexibility index (Phi) is 4.39. The Labute approximate surface area is 132 Å². The first-order chi connectivity index (χ1) is 10.6. The molecule has 0 heterocycles. The Hall–Kier alpha value is -1.55. The van der Waals surface area contributed by atoms with Crippen molar-refractivity contribution in [3.63, 3.8) is 0 Å². The molecule has 2 aliphatic carbocycles. The Morgan fingerprint density at radius 3 is 2.59 bits per heavy atom. The van der Waals surface area contributed by atoms with Crippen LogP contribution in [-0.4, -0.2) is 25.1 Å². The molecule has 120 valence electrons. The second-order valence-electron chi connectivity index (χ2n) is 6.87. The molecule has 2 fully saturated rings. The Morgan fingerprint density at radius 1 is 1.27 bits per heavy atom. The van der Waals surface area contributed by atoms with Crippen molar-refractivity contribution in [2.45, 2.75) is 51.1 Å². The van der Waals surface area contributed by atoms with Gasteiger partial charge in [0, 0.05) is 17.6 Å². The summed E-state index contributed by atoms with van der Waals surface area (Å²) in [6.45, 7) is 1.98. The average molecular weight is 302 g/mol. The second kappa shape index (κ2) is 6.29. The molecule has 2 aliphatic rings. The van der Waals surface area contributed by atoms with Gasteiger partial charge < -0.3 is 15.8 Å². The lowest BCUT2D eigenvalue weighted by Gasteiger charge is -2.45. The normalized spacial score (nSPS) is 30.7. The van der Waals surface area contributed by atoms with Crippen molar-refractivity contribution in [2.24, 2.45) is 17.6 Å². The Morgan fingerprint density at radius 2 is 1.95 bits per heavy atom. The summed E-state index contributed by atoms with van der Waals surface area (Å²) in [5.41, 5.74) is 7.87. The van der Waals surface area contributed by atoms with Crippen LogP contribution >= 0.6 is 0 Å². The van der Waals surface area contributed by atoms with Crippen LogP contribution in [0.2, 0.25) is 0 Å². The number of nitrogens with one attached hydrogen (secondary N) is 1. The van der Waals surface area contributed by atoms with Crippen molar-refractivity contribution in [1.82, 2.24) is 5.32 Å². The molecule has 0 radical (unpaired) electrons. The van der Waals surface area contributed by atoms with E-state index < -0.39 is 0 Å². The van der Waals surface area contributed by atoms with Crippen LogP contribution in [0, 0.1) is 18.8 Å². The van der Waals surface area contributed by atoms with Crippen LogP contribution in [0.25, 0.3) is 0 Å². The van der Waals surface area contributed by atoms with Gasteiger partial charge in [0.2, 0.25) is 0 Å². The van der Waals surface area contributed by atoms with Crippen molar-refractivity contribution in [2.75, 3.05) is 7.11 Å². The third-order valence-electron chi connectivity index (χ3n) is 5.34. The Balaban J connectivity index is 1.74. The average Bonchev–Trinajstić information content (AvgIpc) is 2.48. The number of hydrogen-bond acceptors (Lipinski definition) is 3. The van der Waals surface area contributed by atoms with E-state index >= 15 is 0 Å². The minimum atomic E-state index is 0.00988. The van der Waals surface area contributed by atoms with E-state index in [1.807, 2.05) is 25.1 Å². The summed E-state index contributed by atoms with van der Waals surface area (Å²) in [5.74, 6) is 1.85. The minimum Gasteiger partial charge on any atom is -0.496 e. The van der Waals surface area contributed by atoms with E-state index in [9.17, 15) is 4.79 Å². The molecule has 2 unspecified atom stereocenters. The molecule has 0 aliphatic heterocycles. The van der Waals surface area contributed by atoms with Crippen molar-refractivity contribution < 1.29 is 9.53 Å². The molecule has 3 rings (SSSR count). The highest BCUT2D eigenvalue weighted by atomic mass is 16.5. The van der Waals surface area contributed by atoms with Crippen molar-refractivity contribution in [3.8, 4) is 5.75 Å². The lowest BCUT2D eigenvalue weighted by atomic mass is 9.67. The predicted octanol–water partition coefficient (Wildman–Crippen LogP) is 2.64. The molecule has 3 N–H and O–H groups in total. The van der Waals surface area contributed by atoms with Crippen LogP contribution in [0.4, 0.5) is 0 Å². The predicted molar refractivity (Wildman–Crippen MR) is 87.0 cm³/mol. The zero-order valence-electron chi connectivity index (χ0n) is 13.5. The highest BCUT2D eigenvalue weighted by Gasteiger charge is 2.39. The fourth-order valence-corrected chi connectivity index (χ4v) is 4.22. The van der Waals surface area contributed by atoms with Crippen LogP contribution in [0.15, 0.2) is 18.2 Å². The van der Waals surface area contributed by atoms with E-state index in [0.29, 0.717) is 23.4 Å². The van der Waals surface area contributed by atoms with Crippen LogP contribution in [-0.2, 0) is 0 Å². The lowest BCUT2D eigenvalue weighted by Crippen LogP contribution is -2.53. The number of aryl methyl sites for hydroxylation is 1. The van der Waals surface area contributed by atoms with E-state index in [2.05, 4.69) is 5.32 Å². The van der Waals surface area contributed by atoms with Crippen LogP contribution in [0.1, 0.15) is 48.0 Å². The maximum atomic E-state index is 12.6. The first-order valence-electron chi connectivity index (χ1n) is 8.29. The number of fused-ring (bicyclic) bond motifs is 2. The van der Waals surface area contributed by atoms with E-state index in [-0.39, 0.29) is 11.9 Å². The van der Waals surface area contributed by atoms with Crippen molar-refractivity contribution in [1.29, 1.82) is 0 Å². The molecular weight excluding hydrogens is 276 g/mol. The maximum Gasteiger partial charge on any atom is 0.251 e. The van der Waals surface area contributed by atoms with Crippen LogP contribution in [0.3, 0.4) is 0 Å². The topological polar surface area (TPSA) is 64.3 Å². The van der Waals surface area contributed by atoms with Gasteiger partial charge in [-0.1, -0.05) is 12.5 Å². The molecule has 2 atom stereocenters. The molecular formula is C18H26N2O2. The molecule has 1 aromatic rings. The van der Waals surface area contributed by atoms with Crippen molar-refractivity contribution in [3.05, 3.63) is 29.3 Å². The van der Waals surface area contributed by atoms with E-state index in [4.69, 9.17) is 10.5 Å². The zero-order valence-corrected chi connectivity index (χ0v) is 13.5. The van der Waals surface area contributed by atoms with Gasteiger partial charge in [0.1, 0.15) is 5.75 Å². The van der Waals surface area contributed by atoms with Crippen LogP contribution in [0.5, 0.6) is 5.75 Å². The summed E-state index contributed by atoms with van der Waals surface area (Å²) in [7, 11) is 1.64. The van der Waals surface area contributed by atoms with E-state index in [0.717, 1.165) is 24.2 Å². The molecule has 2 saturated carbocycles. The van der Waals surface area contributed by atoms with Gasteiger partial charge in [-0.2, -0.15) is 0 Å².